The molecule has 0 spiro atoms. The third-order valence-electron chi connectivity index (χ3n) is 7.17. The molecular weight excluding hydrogens is 445 g/mol. The summed E-state index contributed by atoms with van der Waals surface area (Å²) in [6.07, 6.45) is 14.1. The van der Waals surface area contributed by atoms with Crippen LogP contribution in [0.25, 0.3) is 11.2 Å². The molecule has 7 nitrogen and oxygen atoms in total. The quantitative estimate of drug-likeness (QED) is 0.732. The van der Waals surface area contributed by atoms with E-state index in [0.717, 1.165) is 48.7 Å². The molecule has 2 aromatic rings. The Morgan fingerprint density at radius 2 is 1.97 bits per heavy atom. The summed E-state index contributed by atoms with van der Waals surface area (Å²) >= 11 is 0. The molecule has 184 valence electrons. The van der Waals surface area contributed by atoms with Gasteiger partial charge in [-0.05, 0) is 55.5 Å². The van der Waals surface area contributed by atoms with Crippen molar-refractivity contribution in [2.24, 2.45) is 5.92 Å². The molecule has 0 aliphatic carbocycles. The van der Waals surface area contributed by atoms with Crippen LogP contribution in [0.1, 0.15) is 31.5 Å². The van der Waals surface area contributed by atoms with Gasteiger partial charge < -0.3 is 14.4 Å². The van der Waals surface area contributed by atoms with Gasteiger partial charge in [0.15, 0.2) is 11.5 Å². The molecule has 2 atom stereocenters. The van der Waals surface area contributed by atoms with Crippen LogP contribution in [0.2, 0.25) is 0 Å². The van der Waals surface area contributed by atoms with Gasteiger partial charge >= 0.3 is 0 Å². The molecule has 1 fully saturated rings. The van der Waals surface area contributed by atoms with Crippen molar-refractivity contribution in [2.45, 2.75) is 33.2 Å². The van der Waals surface area contributed by atoms with Crippen molar-refractivity contribution < 1.29 is 14.3 Å². The maximum atomic E-state index is 14.8. The van der Waals surface area contributed by atoms with Crippen LogP contribution in [0.4, 0.5) is 4.39 Å². The normalized spacial score (nSPS) is 23.6. The summed E-state index contributed by atoms with van der Waals surface area (Å²) in [6, 6.07) is 1.79. The Hall–Kier alpha value is -3.23. The number of carbonyl (C=O) groups excluding carboxylic acids is 1. The number of β-amino-alcohol motifs (C(OH)–C–C–N with tert-alkyl or cyclic N) is 1. The zero-order chi connectivity index (χ0) is 24.7. The third-order valence-corrected chi connectivity index (χ3v) is 7.17. The smallest absolute Gasteiger partial charge is 0.255 e. The maximum Gasteiger partial charge on any atom is 0.255 e. The number of piperazine rings is 1. The van der Waals surface area contributed by atoms with Gasteiger partial charge in [0.1, 0.15) is 0 Å². The molecule has 3 aliphatic rings. The van der Waals surface area contributed by atoms with Crippen LogP contribution in [-0.4, -0.2) is 73.9 Å². The van der Waals surface area contributed by atoms with E-state index in [2.05, 4.69) is 40.8 Å². The summed E-state index contributed by atoms with van der Waals surface area (Å²) in [5.74, 6) is -0.491. The van der Waals surface area contributed by atoms with Crippen LogP contribution in [0, 0.1) is 18.7 Å². The highest BCUT2D eigenvalue weighted by molar-refractivity contribution is 5.98. The van der Waals surface area contributed by atoms with Crippen LogP contribution in [-0.2, 0) is 4.79 Å². The van der Waals surface area contributed by atoms with Gasteiger partial charge in [-0.15, -0.1) is 0 Å². The molecule has 8 heteroatoms. The van der Waals surface area contributed by atoms with Crippen LogP contribution in [0.5, 0.6) is 0 Å². The Bertz CT molecular complexity index is 1270. The summed E-state index contributed by atoms with van der Waals surface area (Å²) in [4.78, 5) is 24.0. The Balaban J connectivity index is 1.43. The van der Waals surface area contributed by atoms with Gasteiger partial charge in [0.2, 0.25) is 0 Å². The van der Waals surface area contributed by atoms with E-state index in [-0.39, 0.29) is 18.4 Å². The van der Waals surface area contributed by atoms with Crippen molar-refractivity contribution in [2.75, 3.05) is 32.8 Å². The minimum absolute atomic E-state index is 0.0503. The first-order chi connectivity index (χ1) is 16.8. The van der Waals surface area contributed by atoms with E-state index < -0.39 is 5.82 Å². The van der Waals surface area contributed by atoms with Gasteiger partial charge in [0, 0.05) is 62.6 Å². The fraction of sp³-hybridized carbons (Fsp3) is 0.407. The van der Waals surface area contributed by atoms with Crippen LogP contribution in [0.3, 0.4) is 0 Å². The Kier molecular flexibility index (Phi) is 6.34. The summed E-state index contributed by atoms with van der Waals surface area (Å²) < 4.78 is 16.5. The highest BCUT2D eigenvalue weighted by Crippen LogP contribution is 2.32. The predicted molar refractivity (Wildman–Crippen MR) is 133 cm³/mol. The van der Waals surface area contributed by atoms with E-state index >= 15 is 0 Å². The van der Waals surface area contributed by atoms with Crippen molar-refractivity contribution in [1.29, 1.82) is 0 Å². The molecule has 0 bridgehead atoms. The second-order valence-corrected chi connectivity index (χ2v) is 9.71. The highest BCUT2D eigenvalue weighted by atomic mass is 19.1. The number of allylic oxidation sites excluding steroid dienone is 4. The van der Waals surface area contributed by atoms with Gasteiger partial charge in [0.25, 0.3) is 5.91 Å². The largest absolute Gasteiger partial charge is 0.395 e. The molecule has 0 saturated carbocycles. The van der Waals surface area contributed by atoms with Crippen molar-refractivity contribution in [3.8, 4) is 0 Å². The first-order valence-electron chi connectivity index (χ1n) is 12.2. The number of pyridine rings is 1. The summed E-state index contributed by atoms with van der Waals surface area (Å²) in [5, 5.41) is 9.29. The third kappa shape index (κ3) is 4.56. The minimum Gasteiger partial charge on any atom is -0.395 e. The van der Waals surface area contributed by atoms with Crippen molar-refractivity contribution in [3.05, 3.63) is 77.4 Å². The molecule has 1 N–H and O–H groups in total. The number of hydrogen-bond donors (Lipinski definition) is 1. The maximum absolute atomic E-state index is 14.8. The number of halogens is 1. The number of hydrogen-bond acceptors (Lipinski definition) is 5. The molecule has 5 heterocycles. The number of rotatable bonds is 4. The lowest BCUT2D eigenvalue weighted by molar-refractivity contribution is -0.122. The van der Waals surface area contributed by atoms with Gasteiger partial charge in [-0.2, -0.15) is 0 Å². The van der Waals surface area contributed by atoms with Crippen molar-refractivity contribution in [1.82, 2.24) is 24.1 Å². The predicted octanol–water partition coefficient (Wildman–Crippen LogP) is 3.33. The average molecular weight is 478 g/mol. The molecule has 5 rings (SSSR count). The summed E-state index contributed by atoms with van der Waals surface area (Å²) in [5.41, 5.74) is 4.40. The van der Waals surface area contributed by atoms with Crippen LogP contribution < -0.4 is 0 Å². The molecular formula is C27H32FN5O2. The fourth-order valence-corrected chi connectivity index (χ4v) is 5.21. The summed E-state index contributed by atoms with van der Waals surface area (Å²) in [6.45, 7) is 9.44. The standard InChI is InChI=1S/C27H32FN5O2/c1-18-4-5-22-6-7-23(31-9-8-30(10-11-34)20(3)15-31)17-33(22)26(35)13-24(18)21-12-25(28)27-29-19(2)14-32(27)16-21/h5-7,12-14,16-18,20,34H,4,8-11,15H2,1-3H3. The van der Waals surface area contributed by atoms with E-state index in [4.69, 9.17) is 0 Å². The first-order valence-corrected chi connectivity index (χ1v) is 12.2. The molecule has 0 aromatic carbocycles. The zero-order valence-electron chi connectivity index (χ0n) is 20.5. The number of carbonyl (C=O) groups is 1. The summed E-state index contributed by atoms with van der Waals surface area (Å²) in [7, 11) is 0. The Labute approximate surface area is 205 Å². The molecule has 35 heavy (non-hydrogen) atoms. The zero-order valence-corrected chi connectivity index (χ0v) is 20.5. The lowest BCUT2D eigenvalue weighted by Gasteiger charge is -2.42. The lowest BCUT2D eigenvalue weighted by Crippen LogP contribution is -2.52. The van der Waals surface area contributed by atoms with E-state index in [9.17, 15) is 14.3 Å². The minimum atomic E-state index is -0.396. The van der Waals surface area contributed by atoms with Crippen molar-refractivity contribution >= 4 is 17.1 Å². The molecule has 0 radical (unpaired) electrons. The number of aliphatic hydroxyl groups is 1. The molecule has 2 aromatic heterocycles. The van der Waals surface area contributed by atoms with Gasteiger partial charge in [-0.3, -0.25) is 14.6 Å². The second kappa shape index (κ2) is 9.43. The monoisotopic (exact) mass is 477 g/mol. The van der Waals surface area contributed by atoms with Crippen LogP contribution >= 0.6 is 0 Å². The highest BCUT2D eigenvalue weighted by Gasteiger charge is 2.28. The first kappa shape index (κ1) is 23.5. The SMILES string of the molecule is Cc1cn2cc(C3=CC(=O)N4C=C(N5CCN(CCO)C(C)C5)C=CC4=CCC3C)cc(F)c2n1. The second-order valence-electron chi connectivity index (χ2n) is 9.71. The number of aryl methyl sites for hydroxylation is 1. The molecule has 1 amide bonds. The van der Waals surface area contributed by atoms with E-state index in [1.807, 2.05) is 25.4 Å². The number of imidazole rings is 1. The van der Waals surface area contributed by atoms with Gasteiger partial charge in [0.05, 0.1) is 18.0 Å². The number of aliphatic hydroxyl groups excluding tert-OH is 1. The topological polar surface area (TPSA) is 64.3 Å². The number of nitrogens with zero attached hydrogens (tertiary/aromatic N) is 5. The molecule has 2 unspecified atom stereocenters. The fourth-order valence-electron chi connectivity index (χ4n) is 5.21. The van der Waals surface area contributed by atoms with E-state index in [1.165, 1.54) is 6.07 Å². The lowest BCUT2D eigenvalue weighted by atomic mass is 9.90. The Morgan fingerprint density at radius 1 is 1.17 bits per heavy atom. The van der Waals surface area contributed by atoms with Crippen molar-refractivity contribution in [3.63, 3.8) is 0 Å². The Morgan fingerprint density at radius 3 is 2.74 bits per heavy atom. The van der Waals surface area contributed by atoms with E-state index in [1.54, 1.807) is 21.6 Å². The van der Waals surface area contributed by atoms with E-state index in [0.29, 0.717) is 23.8 Å². The molecule has 1 saturated heterocycles. The van der Waals surface area contributed by atoms with Gasteiger partial charge in [-0.1, -0.05) is 13.0 Å². The van der Waals surface area contributed by atoms with Crippen LogP contribution in [0.15, 0.2) is 60.4 Å². The average Bonchev–Trinajstić information content (AvgIpc) is 3.22. The number of amides is 1. The number of aromatic nitrogens is 2. The number of fused-ring (bicyclic) bond motifs is 2. The van der Waals surface area contributed by atoms with Gasteiger partial charge in [-0.25, -0.2) is 9.37 Å². The molecule has 3 aliphatic heterocycles.